The summed E-state index contributed by atoms with van der Waals surface area (Å²) in [6, 6.07) is 7.78. The van der Waals surface area contributed by atoms with Gasteiger partial charge in [-0.05, 0) is 54.4 Å². The van der Waals surface area contributed by atoms with E-state index in [4.69, 9.17) is 0 Å². The van der Waals surface area contributed by atoms with Crippen molar-refractivity contribution in [1.29, 1.82) is 0 Å². The van der Waals surface area contributed by atoms with Crippen molar-refractivity contribution in [2.75, 3.05) is 0 Å². The van der Waals surface area contributed by atoms with Crippen LogP contribution in [-0.4, -0.2) is 14.9 Å². The van der Waals surface area contributed by atoms with Crippen molar-refractivity contribution < 1.29 is 5.11 Å². The molecule has 1 atom stereocenters. The Labute approximate surface area is 136 Å². The van der Waals surface area contributed by atoms with Crippen LogP contribution in [0.1, 0.15) is 30.8 Å². The van der Waals surface area contributed by atoms with E-state index >= 15 is 0 Å². The van der Waals surface area contributed by atoms with E-state index in [2.05, 4.69) is 43.9 Å². The van der Waals surface area contributed by atoms with Crippen LogP contribution >= 0.6 is 31.9 Å². The van der Waals surface area contributed by atoms with Crippen LogP contribution in [0.3, 0.4) is 0 Å². The van der Waals surface area contributed by atoms with Gasteiger partial charge in [0.05, 0.1) is 21.5 Å². The maximum atomic E-state index is 10.8. The Balaban J connectivity index is 2.35. The minimum absolute atomic E-state index is 0.518. The van der Waals surface area contributed by atoms with Gasteiger partial charge in [-0.2, -0.15) is 5.10 Å². The summed E-state index contributed by atoms with van der Waals surface area (Å²) in [5.41, 5.74) is 1.95. The molecule has 0 fully saturated rings. The zero-order valence-corrected chi connectivity index (χ0v) is 15.0. The van der Waals surface area contributed by atoms with Gasteiger partial charge >= 0.3 is 0 Å². The zero-order chi connectivity index (χ0) is 14.9. The predicted molar refractivity (Wildman–Crippen MR) is 87.8 cm³/mol. The smallest absolute Gasteiger partial charge is 0.0924 e. The van der Waals surface area contributed by atoms with Crippen LogP contribution in [0.2, 0.25) is 0 Å². The molecule has 1 N–H and O–H groups in total. The molecule has 1 heterocycles. The number of aromatic nitrogens is 2. The van der Waals surface area contributed by atoms with E-state index in [1.54, 1.807) is 0 Å². The Hall–Kier alpha value is -0.650. The maximum Gasteiger partial charge on any atom is 0.0924 e. The van der Waals surface area contributed by atoms with Gasteiger partial charge in [-0.15, -0.1) is 0 Å². The first-order chi connectivity index (χ1) is 9.35. The molecular weight excluding hydrogens is 384 g/mol. The van der Waals surface area contributed by atoms with Crippen molar-refractivity contribution in [3.63, 3.8) is 0 Å². The highest BCUT2D eigenvalue weighted by molar-refractivity contribution is 9.10. The van der Waals surface area contributed by atoms with E-state index < -0.39 is 5.60 Å². The summed E-state index contributed by atoms with van der Waals surface area (Å²) >= 11 is 6.99. The molecule has 108 valence electrons. The normalized spacial score (nSPS) is 14.3. The van der Waals surface area contributed by atoms with Crippen LogP contribution < -0.4 is 0 Å². The summed E-state index contributed by atoms with van der Waals surface area (Å²) in [7, 11) is 0. The lowest BCUT2D eigenvalue weighted by molar-refractivity contribution is 0.0552. The number of hydrogen-bond acceptors (Lipinski definition) is 2. The molecule has 1 aromatic carbocycles. The third kappa shape index (κ3) is 3.15. The van der Waals surface area contributed by atoms with Crippen LogP contribution in [0.5, 0.6) is 0 Å². The lowest BCUT2D eigenvalue weighted by Crippen LogP contribution is -2.26. The molecule has 0 saturated carbocycles. The van der Waals surface area contributed by atoms with Crippen molar-refractivity contribution in [3.8, 4) is 0 Å². The van der Waals surface area contributed by atoms with E-state index in [0.717, 1.165) is 32.4 Å². The number of rotatable bonds is 4. The second kappa shape index (κ2) is 6.00. The summed E-state index contributed by atoms with van der Waals surface area (Å²) in [6.45, 7) is 6.65. The molecule has 2 rings (SSSR count). The third-order valence-electron chi connectivity index (χ3n) is 3.43. The van der Waals surface area contributed by atoms with E-state index in [0.29, 0.717) is 6.42 Å². The molecule has 1 aromatic heterocycles. The van der Waals surface area contributed by atoms with E-state index in [1.165, 1.54) is 0 Å². The minimum atomic E-state index is -0.928. The number of nitrogens with zero attached hydrogens (tertiary/aromatic N) is 2. The summed E-state index contributed by atoms with van der Waals surface area (Å²) in [6.07, 6.45) is 0.518. The number of aryl methyl sites for hydroxylation is 2. The number of halogens is 2. The molecule has 2 aromatic rings. The van der Waals surface area contributed by atoms with Gasteiger partial charge in [0.25, 0.3) is 0 Å². The highest BCUT2D eigenvalue weighted by Gasteiger charge is 2.27. The van der Waals surface area contributed by atoms with Gasteiger partial charge < -0.3 is 5.11 Å². The first-order valence-corrected chi connectivity index (χ1v) is 8.14. The topological polar surface area (TPSA) is 38.0 Å². The number of hydrogen-bond donors (Lipinski definition) is 1. The largest absolute Gasteiger partial charge is 0.385 e. The molecule has 20 heavy (non-hydrogen) atoms. The molecule has 0 spiro atoms. The Morgan fingerprint density at radius 1 is 1.25 bits per heavy atom. The second-order valence-electron chi connectivity index (χ2n) is 5.12. The Morgan fingerprint density at radius 2 is 1.85 bits per heavy atom. The van der Waals surface area contributed by atoms with Crippen molar-refractivity contribution in [3.05, 3.63) is 50.2 Å². The van der Waals surface area contributed by atoms with Gasteiger partial charge in [0.2, 0.25) is 0 Å². The quantitative estimate of drug-likeness (QED) is 0.834. The summed E-state index contributed by atoms with van der Waals surface area (Å²) in [5.74, 6) is 0. The molecule has 0 bridgehead atoms. The van der Waals surface area contributed by atoms with Crippen molar-refractivity contribution in [2.24, 2.45) is 0 Å². The average molecular weight is 402 g/mol. The van der Waals surface area contributed by atoms with Crippen molar-refractivity contribution >= 4 is 31.9 Å². The molecule has 3 nitrogen and oxygen atoms in total. The predicted octanol–water partition coefficient (Wildman–Crippen LogP) is 4.19. The van der Waals surface area contributed by atoms with Crippen LogP contribution in [0.4, 0.5) is 0 Å². The lowest BCUT2D eigenvalue weighted by atomic mass is 9.91. The molecule has 0 amide bonds. The van der Waals surface area contributed by atoms with Gasteiger partial charge in [-0.1, -0.05) is 28.1 Å². The van der Waals surface area contributed by atoms with Gasteiger partial charge in [0.15, 0.2) is 0 Å². The summed E-state index contributed by atoms with van der Waals surface area (Å²) < 4.78 is 3.93. The first-order valence-electron chi connectivity index (χ1n) is 6.55. The van der Waals surface area contributed by atoms with E-state index in [1.807, 2.05) is 42.8 Å². The monoisotopic (exact) mass is 400 g/mol. The van der Waals surface area contributed by atoms with Crippen molar-refractivity contribution in [1.82, 2.24) is 9.78 Å². The summed E-state index contributed by atoms with van der Waals surface area (Å²) in [5, 5.41) is 15.3. The van der Waals surface area contributed by atoms with Gasteiger partial charge in [0.1, 0.15) is 0 Å². The minimum Gasteiger partial charge on any atom is -0.385 e. The molecule has 0 aliphatic heterocycles. The average Bonchev–Trinajstić information content (AvgIpc) is 2.66. The van der Waals surface area contributed by atoms with Crippen molar-refractivity contribution in [2.45, 2.75) is 39.3 Å². The fourth-order valence-corrected chi connectivity index (χ4v) is 2.96. The first kappa shape index (κ1) is 15.7. The fourth-order valence-electron chi connectivity index (χ4n) is 2.27. The number of benzene rings is 1. The van der Waals surface area contributed by atoms with E-state index in [9.17, 15) is 5.11 Å². The Bertz CT molecular complexity index is 603. The van der Waals surface area contributed by atoms with E-state index in [-0.39, 0.29) is 0 Å². The molecule has 1 unspecified atom stereocenters. The Morgan fingerprint density at radius 3 is 2.40 bits per heavy atom. The maximum absolute atomic E-state index is 10.8. The van der Waals surface area contributed by atoms with Crippen LogP contribution in [-0.2, 0) is 18.6 Å². The highest BCUT2D eigenvalue weighted by atomic mass is 79.9. The fraction of sp³-hybridized carbons (Fsp3) is 0.400. The SMILES string of the molecule is CCn1nc(C)c(Br)c1CC(C)(O)c1ccc(Br)cc1. The van der Waals surface area contributed by atoms with Crippen LogP contribution in [0.15, 0.2) is 33.2 Å². The van der Waals surface area contributed by atoms with Gasteiger partial charge in [0, 0.05) is 17.4 Å². The second-order valence-corrected chi connectivity index (χ2v) is 6.83. The molecule has 0 aliphatic rings. The molecule has 0 radical (unpaired) electrons. The highest BCUT2D eigenvalue weighted by Crippen LogP contribution is 2.31. The molecule has 5 heteroatoms. The number of aliphatic hydroxyl groups is 1. The molecule has 0 saturated heterocycles. The lowest BCUT2D eigenvalue weighted by Gasteiger charge is -2.24. The van der Waals surface area contributed by atoms with Gasteiger partial charge in [-0.3, -0.25) is 4.68 Å². The molecular formula is C15H18Br2N2O. The Kier molecular flexibility index (Phi) is 4.72. The zero-order valence-electron chi connectivity index (χ0n) is 11.8. The molecule has 0 aliphatic carbocycles. The standard InChI is InChI=1S/C15H18Br2N2O/c1-4-19-13(14(17)10(2)18-19)9-15(3,20)11-5-7-12(16)8-6-11/h5-8,20H,4,9H2,1-3H3. The summed E-state index contributed by atoms with van der Waals surface area (Å²) in [4.78, 5) is 0. The van der Waals surface area contributed by atoms with Crippen LogP contribution in [0.25, 0.3) is 0 Å². The van der Waals surface area contributed by atoms with Crippen LogP contribution in [0, 0.1) is 6.92 Å². The van der Waals surface area contributed by atoms with Gasteiger partial charge in [-0.25, -0.2) is 0 Å². The third-order valence-corrected chi connectivity index (χ3v) is 4.99.